The highest BCUT2D eigenvalue weighted by molar-refractivity contribution is 5.82. The Balaban J connectivity index is 4.72. The van der Waals surface area contributed by atoms with Crippen molar-refractivity contribution in [2.75, 3.05) is 0 Å². The highest BCUT2D eigenvalue weighted by Crippen LogP contribution is 2.20. The molecule has 0 aromatic rings. The van der Waals surface area contributed by atoms with E-state index >= 15 is 0 Å². The molecule has 0 fully saturated rings. The van der Waals surface area contributed by atoms with Crippen molar-refractivity contribution in [3.63, 3.8) is 0 Å². The van der Waals surface area contributed by atoms with Crippen LogP contribution in [0.25, 0.3) is 0 Å². The summed E-state index contributed by atoms with van der Waals surface area (Å²) in [5.74, 6) is -0.365. The minimum atomic E-state index is -0.900. The molecule has 118 valence electrons. The van der Waals surface area contributed by atoms with E-state index in [0.717, 1.165) is 6.42 Å². The van der Waals surface area contributed by atoms with Crippen LogP contribution in [-0.4, -0.2) is 29.1 Å². The quantitative estimate of drug-likeness (QED) is 0.604. The predicted molar refractivity (Wildman–Crippen MR) is 80.2 cm³/mol. The molecule has 4 atom stereocenters. The first-order valence-corrected chi connectivity index (χ1v) is 7.46. The predicted octanol–water partition coefficient (Wildman–Crippen LogP) is 2.00. The summed E-state index contributed by atoms with van der Waals surface area (Å²) in [5, 5.41) is 11.8. The van der Waals surface area contributed by atoms with Gasteiger partial charge in [0.1, 0.15) is 0 Å². The fraction of sp³-hybridized carbons (Fsp3) is 0.867. The van der Waals surface area contributed by atoms with E-state index in [2.05, 4.69) is 19.2 Å². The van der Waals surface area contributed by atoms with E-state index in [0.29, 0.717) is 18.3 Å². The maximum atomic E-state index is 12.1. The van der Waals surface area contributed by atoms with Gasteiger partial charge < -0.3 is 16.2 Å². The van der Waals surface area contributed by atoms with Crippen LogP contribution < -0.4 is 11.1 Å². The topological polar surface area (TPSA) is 92.4 Å². The Morgan fingerprint density at radius 2 is 1.75 bits per heavy atom. The van der Waals surface area contributed by atoms with Gasteiger partial charge in [0, 0.05) is 6.04 Å². The smallest absolute Gasteiger partial charge is 0.305 e. The van der Waals surface area contributed by atoms with Crippen LogP contribution in [0.4, 0.5) is 0 Å². The van der Waals surface area contributed by atoms with Crippen LogP contribution in [0.15, 0.2) is 0 Å². The van der Waals surface area contributed by atoms with Crippen LogP contribution in [0, 0.1) is 17.8 Å². The standard InChI is InChI=1S/C15H30N2O3/c1-6-10(4)11(5)13(8-14(18)19)17-15(20)12(16)7-9(2)3/h9-13H,6-8,16H2,1-5H3,(H,17,20)(H,18,19)/t10-,11-,12+,13-/m1/s1. The summed E-state index contributed by atoms with van der Waals surface area (Å²) in [7, 11) is 0. The van der Waals surface area contributed by atoms with Crippen molar-refractivity contribution in [2.24, 2.45) is 23.5 Å². The molecule has 4 N–H and O–H groups in total. The molecule has 0 aromatic carbocycles. The molecule has 0 bridgehead atoms. The minimum absolute atomic E-state index is 0.0638. The number of nitrogens with two attached hydrogens (primary N) is 1. The number of nitrogens with one attached hydrogen (secondary N) is 1. The molecule has 0 aliphatic carbocycles. The van der Waals surface area contributed by atoms with Crippen LogP contribution in [0.2, 0.25) is 0 Å². The normalized spacial score (nSPS) is 17.4. The van der Waals surface area contributed by atoms with E-state index in [1.807, 2.05) is 20.8 Å². The number of amides is 1. The van der Waals surface area contributed by atoms with Crippen molar-refractivity contribution in [2.45, 2.75) is 66.0 Å². The molecule has 5 nitrogen and oxygen atoms in total. The van der Waals surface area contributed by atoms with Crippen molar-refractivity contribution in [1.82, 2.24) is 5.32 Å². The molecule has 0 rings (SSSR count). The molecule has 0 aromatic heterocycles. The lowest BCUT2D eigenvalue weighted by Crippen LogP contribution is -2.49. The van der Waals surface area contributed by atoms with Crippen molar-refractivity contribution in [3.05, 3.63) is 0 Å². The van der Waals surface area contributed by atoms with Crippen LogP contribution in [0.5, 0.6) is 0 Å². The SMILES string of the molecule is CC[C@@H](C)[C@@H](C)[C@@H](CC(=O)O)NC(=O)[C@@H](N)CC(C)C. The van der Waals surface area contributed by atoms with Crippen LogP contribution in [0.3, 0.4) is 0 Å². The van der Waals surface area contributed by atoms with Gasteiger partial charge in [-0.25, -0.2) is 0 Å². The van der Waals surface area contributed by atoms with Crippen molar-refractivity contribution in [3.8, 4) is 0 Å². The summed E-state index contributed by atoms with van der Waals surface area (Å²) in [6, 6.07) is -0.941. The number of hydrogen-bond acceptors (Lipinski definition) is 3. The van der Waals surface area contributed by atoms with Gasteiger partial charge in [0.15, 0.2) is 0 Å². The highest BCUT2D eigenvalue weighted by atomic mass is 16.4. The van der Waals surface area contributed by atoms with Gasteiger partial charge in [-0.05, 0) is 24.2 Å². The first-order chi connectivity index (χ1) is 9.18. The molecular formula is C15H30N2O3. The molecule has 0 saturated heterocycles. The molecule has 0 heterocycles. The van der Waals surface area contributed by atoms with E-state index in [4.69, 9.17) is 10.8 Å². The fourth-order valence-corrected chi connectivity index (χ4v) is 2.23. The van der Waals surface area contributed by atoms with Crippen LogP contribution in [-0.2, 0) is 9.59 Å². The third-order valence-electron chi connectivity index (χ3n) is 3.96. The monoisotopic (exact) mass is 286 g/mol. The summed E-state index contributed by atoms with van der Waals surface area (Å²) in [6.07, 6.45) is 1.49. The zero-order valence-electron chi connectivity index (χ0n) is 13.3. The highest BCUT2D eigenvalue weighted by Gasteiger charge is 2.27. The van der Waals surface area contributed by atoms with E-state index < -0.39 is 12.0 Å². The van der Waals surface area contributed by atoms with Gasteiger partial charge in [-0.2, -0.15) is 0 Å². The molecular weight excluding hydrogens is 256 g/mol. The second-order valence-corrected chi connectivity index (χ2v) is 6.19. The summed E-state index contributed by atoms with van der Waals surface area (Å²) in [4.78, 5) is 23.0. The van der Waals surface area contributed by atoms with E-state index in [-0.39, 0.29) is 24.3 Å². The minimum Gasteiger partial charge on any atom is -0.481 e. The van der Waals surface area contributed by atoms with Crippen LogP contribution in [0.1, 0.15) is 53.9 Å². The lowest BCUT2D eigenvalue weighted by molar-refractivity contribution is -0.138. The Bertz CT molecular complexity index is 318. The van der Waals surface area contributed by atoms with Gasteiger partial charge in [-0.3, -0.25) is 9.59 Å². The van der Waals surface area contributed by atoms with Crippen molar-refractivity contribution in [1.29, 1.82) is 0 Å². The second kappa shape index (κ2) is 8.95. The molecule has 20 heavy (non-hydrogen) atoms. The Morgan fingerprint density at radius 1 is 1.20 bits per heavy atom. The maximum absolute atomic E-state index is 12.1. The number of carbonyl (C=O) groups is 2. The zero-order valence-corrected chi connectivity index (χ0v) is 13.3. The van der Waals surface area contributed by atoms with Gasteiger partial charge in [-0.1, -0.05) is 41.0 Å². The van der Waals surface area contributed by atoms with E-state index in [9.17, 15) is 9.59 Å². The Hall–Kier alpha value is -1.10. The Labute approximate surface area is 122 Å². The van der Waals surface area contributed by atoms with Crippen molar-refractivity contribution >= 4 is 11.9 Å². The lowest BCUT2D eigenvalue weighted by Gasteiger charge is -2.29. The average Bonchev–Trinajstić information content (AvgIpc) is 2.34. The summed E-state index contributed by atoms with van der Waals surface area (Å²) < 4.78 is 0. The Morgan fingerprint density at radius 3 is 2.15 bits per heavy atom. The van der Waals surface area contributed by atoms with Gasteiger partial charge in [0.05, 0.1) is 12.5 Å². The van der Waals surface area contributed by atoms with Gasteiger partial charge in [-0.15, -0.1) is 0 Å². The summed E-state index contributed by atoms with van der Waals surface area (Å²) in [6.45, 7) is 10.1. The first kappa shape index (κ1) is 18.9. The molecule has 0 saturated carbocycles. The molecule has 0 spiro atoms. The number of carboxylic acids is 1. The third-order valence-corrected chi connectivity index (χ3v) is 3.96. The molecule has 0 aliphatic heterocycles. The van der Waals surface area contributed by atoms with Crippen molar-refractivity contribution < 1.29 is 14.7 Å². The molecule has 0 unspecified atom stereocenters. The number of hydrogen-bond donors (Lipinski definition) is 3. The lowest BCUT2D eigenvalue weighted by atomic mass is 9.85. The Kier molecular flexibility index (Phi) is 8.46. The summed E-state index contributed by atoms with van der Waals surface area (Å²) in [5.41, 5.74) is 5.85. The van der Waals surface area contributed by atoms with Gasteiger partial charge in [0.2, 0.25) is 5.91 Å². The van der Waals surface area contributed by atoms with E-state index in [1.165, 1.54) is 0 Å². The van der Waals surface area contributed by atoms with E-state index in [1.54, 1.807) is 0 Å². The largest absolute Gasteiger partial charge is 0.481 e. The van der Waals surface area contributed by atoms with Gasteiger partial charge >= 0.3 is 5.97 Å². The number of rotatable bonds is 9. The van der Waals surface area contributed by atoms with Crippen LogP contribution >= 0.6 is 0 Å². The van der Waals surface area contributed by atoms with Gasteiger partial charge in [0.25, 0.3) is 0 Å². The molecule has 1 amide bonds. The fourth-order valence-electron chi connectivity index (χ4n) is 2.23. The zero-order chi connectivity index (χ0) is 15.9. The number of carboxylic acid groups (broad SMARTS) is 1. The molecule has 0 radical (unpaired) electrons. The maximum Gasteiger partial charge on any atom is 0.305 e. The molecule has 0 aliphatic rings. The number of carbonyl (C=O) groups excluding carboxylic acids is 1. The number of aliphatic carboxylic acids is 1. The molecule has 5 heteroatoms. The third kappa shape index (κ3) is 6.89. The average molecular weight is 286 g/mol. The second-order valence-electron chi connectivity index (χ2n) is 6.19. The first-order valence-electron chi connectivity index (χ1n) is 7.46. The summed E-state index contributed by atoms with van der Waals surface area (Å²) >= 11 is 0.